The van der Waals surface area contributed by atoms with E-state index in [1.54, 1.807) is 24.3 Å². The fraction of sp³-hybridized carbons (Fsp3) is 0.278. The number of hydrogen-bond acceptors (Lipinski definition) is 3. The van der Waals surface area contributed by atoms with Gasteiger partial charge in [-0.15, -0.1) is 0 Å². The molecule has 1 heterocycles. The van der Waals surface area contributed by atoms with Crippen LogP contribution in [0.1, 0.15) is 18.4 Å². The maximum absolute atomic E-state index is 12.9. The normalized spacial score (nSPS) is 17.2. The van der Waals surface area contributed by atoms with E-state index in [-0.39, 0.29) is 16.6 Å². The number of carbonyl (C=O) groups is 1. The predicted octanol–water partition coefficient (Wildman–Crippen LogP) is 5.22. The first-order valence-corrected chi connectivity index (χ1v) is 8.37. The van der Waals surface area contributed by atoms with Crippen molar-refractivity contribution in [2.45, 2.75) is 25.1 Å². The van der Waals surface area contributed by atoms with E-state index < -0.39 is 17.8 Å². The second-order valence-electron chi connectivity index (χ2n) is 5.89. The molecule has 0 spiro atoms. The monoisotopic (exact) mass is 384 g/mol. The number of anilines is 3. The molecule has 26 heavy (non-hydrogen) atoms. The third-order valence-electron chi connectivity index (χ3n) is 3.93. The summed E-state index contributed by atoms with van der Waals surface area (Å²) >= 11 is 5.61. The second kappa shape index (κ2) is 7.55. The van der Waals surface area contributed by atoms with Gasteiger partial charge in [0.25, 0.3) is 5.91 Å². The highest BCUT2D eigenvalue weighted by Gasteiger charge is 2.33. The minimum absolute atomic E-state index is 0.198. The van der Waals surface area contributed by atoms with Crippen LogP contribution in [0.5, 0.6) is 0 Å². The second-order valence-corrected chi connectivity index (χ2v) is 6.29. The lowest BCUT2D eigenvalue weighted by atomic mass is 10.2. The number of benzene rings is 2. The van der Waals surface area contributed by atoms with E-state index in [2.05, 4.69) is 10.6 Å². The van der Waals surface area contributed by atoms with E-state index in [0.717, 1.165) is 12.5 Å². The number of ether oxygens (including phenoxy) is 1. The first-order valence-electron chi connectivity index (χ1n) is 7.99. The molecule has 1 fully saturated rings. The molecule has 138 valence electrons. The van der Waals surface area contributed by atoms with Crippen LogP contribution in [0.4, 0.5) is 30.2 Å². The number of hydrogen-bond donors (Lipinski definition) is 2. The number of amides is 1. The van der Waals surface area contributed by atoms with Gasteiger partial charge in [-0.05, 0) is 55.3 Å². The summed E-state index contributed by atoms with van der Waals surface area (Å²) in [5, 5.41) is 5.29. The molecule has 4 nitrogen and oxygen atoms in total. The minimum atomic E-state index is -4.52. The number of nitrogens with one attached hydrogen (secondary N) is 2. The van der Waals surface area contributed by atoms with Gasteiger partial charge in [0.15, 0.2) is 0 Å². The smallest absolute Gasteiger partial charge is 0.368 e. The molecular formula is C18H16ClF3N2O2. The molecule has 0 saturated carbocycles. The molecule has 2 N–H and O–H groups in total. The van der Waals surface area contributed by atoms with Gasteiger partial charge in [-0.3, -0.25) is 4.79 Å². The lowest BCUT2D eigenvalue weighted by Gasteiger charge is -2.13. The van der Waals surface area contributed by atoms with Crippen molar-refractivity contribution in [3.8, 4) is 0 Å². The molecule has 1 unspecified atom stereocenters. The van der Waals surface area contributed by atoms with E-state index in [4.69, 9.17) is 16.3 Å². The molecule has 2 aromatic carbocycles. The maximum Gasteiger partial charge on any atom is 0.417 e. The summed E-state index contributed by atoms with van der Waals surface area (Å²) in [5.41, 5.74) is 0.529. The molecular weight excluding hydrogens is 369 g/mol. The molecule has 1 saturated heterocycles. The summed E-state index contributed by atoms with van der Waals surface area (Å²) in [4.78, 5) is 12.0. The fourth-order valence-corrected chi connectivity index (χ4v) is 2.86. The number of carbonyl (C=O) groups excluding carboxylic acids is 1. The largest absolute Gasteiger partial charge is 0.417 e. The van der Waals surface area contributed by atoms with Crippen LogP contribution in [-0.2, 0) is 15.7 Å². The molecule has 2 aromatic rings. The molecule has 0 aromatic heterocycles. The van der Waals surface area contributed by atoms with Crippen LogP contribution in [0.2, 0.25) is 5.02 Å². The van der Waals surface area contributed by atoms with E-state index >= 15 is 0 Å². The average Bonchev–Trinajstić information content (AvgIpc) is 3.12. The molecule has 1 aliphatic heterocycles. The quantitative estimate of drug-likeness (QED) is 0.759. The summed E-state index contributed by atoms with van der Waals surface area (Å²) < 4.78 is 44.0. The van der Waals surface area contributed by atoms with Crippen molar-refractivity contribution < 1.29 is 22.7 Å². The Labute approximate surface area is 153 Å². The van der Waals surface area contributed by atoms with Crippen LogP contribution in [0.25, 0.3) is 0 Å². The summed E-state index contributed by atoms with van der Waals surface area (Å²) in [6, 6.07) is 10.3. The fourth-order valence-electron chi connectivity index (χ4n) is 2.63. The molecule has 3 rings (SSSR count). The summed E-state index contributed by atoms with van der Waals surface area (Å²) in [7, 11) is 0. The molecule has 1 aliphatic rings. The third kappa shape index (κ3) is 4.47. The summed E-state index contributed by atoms with van der Waals surface area (Å²) in [6.45, 7) is 0.585. The zero-order valence-electron chi connectivity index (χ0n) is 13.6. The first-order chi connectivity index (χ1) is 12.3. The summed E-state index contributed by atoms with van der Waals surface area (Å²) in [5.74, 6) is -0.198. The lowest BCUT2D eigenvalue weighted by Crippen LogP contribution is -2.26. The lowest BCUT2D eigenvalue weighted by molar-refractivity contribution is -0.137. The van der Waals surface area contributed by atoms with Crippen LogP contribution in [0, 0.1) is 0 Å². The Morgan fingerprint density at radius 3 is 2.35 bits per heavy atom. The van der Waals surface area contributed by atoms with Crippen molar-refractivity contribution in [2.24, 2.45) is 0 Å². The molecule has 1 atom stereocenters. The van der Waals surface area contributed by atoms with Crippen molar-refractivity contribution in [3.05, 3.63) is 53.1 Å². The molecule has 1 amide bonds. The molecule has 0 aliphatic carbocycles. The Morgan fingerprint density at radius 2 is 1.73 bits per heavy atom. The van der Waals surface area contributed by atoms with Crippen LogP contribution in [-0.4, -0.2) is 18.6 Å². The van der Waals surface area contributed by atoms with Crippen LogP contribution in [0.15, 0.2) is 42.5 Å². The third-order valence-corrected chi connectivity index (χ3v) is 4.26. The van der Waals surface area contributed by atoms with Gasteiger partial charge < -0.3 is 15.4 Å². The van der Waals surface area contributed by atoms with Gasteiger partial charge in [-0.1, -0.05) is 11.6 Å². The van der Waals surface area contributed by atoms with Gasteiger partial charge in [0.05, 0.1) is 10.6 Å². The minimum Gasteiger partial charge on any atom is -0.368 e. The average molecular weight is 385 g/mol. The molecule has 0 bridgehead atoms. The van der Waals surface area contributed by atoms with E-state index in [0.29, 0.717) is 24.4 Å². The maximum atomic E-state index is 12.9. The van der Waals surface area contributed by atoms with Crippen LogP contribution >= 0.6 is 11.6 Å². The van der Waals surface area contributed by atoms with Crippen molar-refractivity contribution in [1.82, 2.24) is 0 Å². The topological polar surface area (TPSA) is 50.4 Å². The number of rotatable bonds is 4. The highest BCUT2D eigenvalue weighted by atomic mass is 35.5. The number of alkyl halides is 3. The van der Waals surface area contributed by atoms with Gasteiger partial charge in [0.2, 0.25) is 0 Å². The van der Waals surface area contributed by atoms with Gasteiger partial charge in [0, 0.05) is 23.7 Å². The van der Waals surface area contributed by atoms with Crippen molar-refractivity contribution in [2.75, 3.05) is 17.2 Å². The highest BCUT2D eigenvalue weighted by Crippen LogP contribution is 2.36. The van der Waals surface area contributed by atoms with Gasteiger partial charge >= 0.3 is 6.18 Å². The van der Waals surface area contributed by atoms with E-state index in [1.807, 2.05) is 0 Å². The Kier molecular flexibility index (Phi) is 5.38. The van der Waals surface area contributed by atoms with Gasteiger partial charge in [-0.2, -0.15) is 13.2 Å². The van der Waals surface area contributed by atoms with E-state index in [9.17, 15) is 18.0 Å². The van der Waals surface area contributed by atoms with E-state index in [1.165, 1.54) is 12.1 Å². The highest BCUT2D eigenvalue weighted by molar-refractivity contribution is 6.31. The summed E-state index contributed by atoms with van der Waals surface area (Å²) in [6.07, 6.45) is -3.39. The predicted molar refractivity (Wildman–Crippen MR) is 93.8 cm³/mol. The molecule has 0 radical (unpaired) electrons. The zero-order chi connectivity index (χ0) is 18.7. The Morgan fingerprint density at radius 1 is 1.08 bits per heavy atom. The standard InChI is InChI=1S/C18H16ClF3N2O2/c19-15-8-7-13(10-14(15)18(20,21)22)23-11-3-5-12(6-4-11)24-17(25)16-2-1-9-26-16/h3-8,10,16,23H,1-2,9H2,(H,24,25). The van der Waals surface area contributed by atoms with Crippen LogP contribution in [0.3, 0.4) is 0 Å². The van der Waals surface area contributed by atoms with Crippen LogP contribution < -0.4 is 10.6 Å². The Hall–Kier alpha value is -2.25. The number of halogens is 4. The van der Waals surface area contributed by atoms with Crippen molar-refractivity contribution >= 4 is 34.6 Å². The van der Waals surface area contributed by atoms with Crippen molar-refractivity contribution in [3.63, 3.8) is 0 Å². The van der Waals surface area contributed by atoms with Crippen molar-refractivity contribution in [1.29, 1.82) is 0 Å². The first kappa shape index (κ1) is 18.5. The Balaban J connectivity index is 1.67. The zero-order valence-corrected chi connectivity index (χ0v) is 14.3. The van der Waals surface area contributed by atoms with Gasteiger partial charge in [-0.25, -0.2) is 0 Å². The SMILES string of the molecule is O=C(Nc1ccc(Nc2ccc(Cl)c(C(F)(F)F)c2)cc1)C1CCCO1. The Bertz CT molecular complexity index is 788. The van der Waals surface area contributed by atoms with Gasteiger partial charge in [0.1, 0.15) is 6.10 Å². The molecule has 8 heteroatoms.